The summed E-state index contributed by atoms with van der Waals surface area (Å²) in [5, 5.41) is 15.1. The number of nitrogens with zero attached hydrogens (tertiary/aromatic N) is 3. The fourth-order valence-electron chi connectivity index (χ4n) is 2.25. The molecule has 2 aromatic heterocycles. The van der Waals surface area contributed by atoms with Gasteiger partial charge in [0.1, 0.15) is 0 Å². The Bertz CT molecular complexity index is 746. The van der Waals surface area contributed by atoms with Gasteiger partial charge in [-0.3, -0.25) is 0 Å². The van der Waals surface area contributed by atoms with Crippen LogP contribution < -0.4 is 0 Å². The van der Waals surface area contributed by atoms with Gasteiger partial charge in [-0.05, 0) is 29.7 Å². The van der Waals surface area contributed by atoms with E-state index in [1.165, 1.54) is 0 Å². The molecule has 3 rings (SSSR count). The molecule has 1 N–H and O–H groups in total. The molecule has 0 aliphatic carbocycles. The molecule has 102 valence electrons. The summed E-state index contributed by atoms with van der Waals surface area (Å²) in [5.74, 6) is 1.12. The Morgan fingerprint density at radius 1 is 1.20 bits per heavy atom. The van der Waals surface area contributed by atoms with E-state index >= 15 is 0 Å². The minimum atomic E-state index is -0.00562. The molecule has 1 aromatic carbocycles. The minimum Gasteiger partial charge on any atom is -0.392 e. The van der Waals surface area contributed by atoms with Crippen molar-refractivity contribution in [3.63, 3.8) is 0 Å². The van der Waals surface area contributed by atoms with E-state index in [9.17, 15) is 5.11 Å². The van der Waals surface area contributed by atoms with E-state index in [0.717, 1.165) is 28.0 Å². The van der Waals surface area contributed by atoms with E-state index in [1.54, 1.807) is 4.68 Å². The smallest absolute Gasteiger partial charge is 0.154 e. The largest absolute Gasteiger partial charge is 0.392 e. The highest BCUT2D eigenvalue weighted by molar-refractivity contribution is 5.83. The maximum absolute atomic E-state index is 9.54. The number of para-hydroxylation sites is 1. The van der Waals surface area contributed by atoms with E-state index < -0.39 is 0 Å². The predicted molar refractivity (Wildman–Crippen MR) is 78.9 cm³/mol. The van der Waals surface area contributed by atoms with E-state index in [2.05, 4.69) is 23.9 Å². The molecule has 0 radical (unpaired) electrons. The number of hydrogen-bond donors (Lipinski definition) is 1. The van der Waals surface area contributed by atoms with Crippen LogP contribution in [0.5, 0.6) is 0 Å². The second-order valence-electron chi connectivity index (χ2n) is 5.15. The number of hydrogen-bond acceptors (Lipinski definition) is 3. The molecule has 20 heavy (non-hydrogen) atoms. The van der Waals surface area contributed by atoms with Crippen molar-refractivity contribution < 1.29 is 5.11 Å². The van der Waals surface area contributed by atoms with Crippen LogP contribution in [0.25, 0.3) is 16.7 Å². The highest BCUT2D eigenvalue weighted by Crippen LogP contribution is 2.21. The van der Waals surface area contributed by atoms with E-state index in [0.29, 0.717) is 5.92 Å². The van der Waals surface area contributed by atoms with Crippen LogP contribution in [-0.4, -0.2) is 19.9 Å². The van der Waals surface area contributed by atoms with Gasteiger partial charge < -0.3 is 5.11 Å². The lowest BCUT2D eigenvalue weighted by atomic mass is 10.1. The predicted octanol–water partition coefficient (Wildman–Crippen LogP) is 3.04. The van der Waals surface area contributed by atoms with Crippen molar-refractivity contribution in [3.8, 4) is 5.82 Å². The molecule has 0 bridgehead atoms. The molecule has 4 nitrogen and oxygen atoms in total. The number of aliphatic hydroxyl groups is 1. The third-order valence-electron chi connectivity index (χ3n) is 3.39. The van der Waals surface area contributed by atoms with Crippen molar-refractivity contribution in [1.29, 1.82) is 0 Å². The number of aliphatic hydroxyl groups excluding tert-OH is 1. The second-order valence-corrected chi connectivity index (χ2v) is 5.15. The molecule has 2 heterocycles. The Morgan fingerprint density at radius 2 is 2.00 bits per heavy atom. The second kappa shape index (κ2) is 5.06. The van der Waals surface area contributed by atoms with Crippen LogP contribution in [0.3, 0.4) is 0 Å². The highest BCUT2D eigenvalue weighted by atomic mass is 16.3. The van der Waals surface area contributed by atoms with Crippen LogP contribution >= 0.6 is 0 Å². The van der Waals surface area contributed by atoms with Crippen molar-refractivity contribution in [2.75, 3.05) is 0 Å². The molecule has 3 aromatic rings. The van der Waals surface area contributed by atoms with Gasteiger partial charge >= 0.3 is 0 Å². The number of benzene rings is 1. The van der Waals surface area contributed by atoms with Gasteiger partial charge in [0, 0.05) is 11.6 Å². The van der Waals surface area contributed by atoms with Gasteiger partial charge in [0.15, 0.2) is 5.82 Å². The van der Waals surface area contributed by atoms with Crippen molar-refractivity contribution in [3.05, 3.63) is 53.9 Å². The fraction of sp³-hybridized carbons (Fsp3) is 0.250. The monoisotopic (exact) mass is 267 g/mol. The maximum Gasteiger partial charge on any atom is 0.154 e. The summed E-state index contributed by atoms with van der Waals surface area (Å²) < 4.78 is 1.76. The quantitative estimate of drug-likeness (QED) is 0.793. The summed E-state index contributed by atoms with van der Waals surface area (Å²) in [7, 11) is 0. The summed E-state index contributed by atoms with van der Waals surface area (Å²) in [6.45, 7) is 4.22. The van der Waals surface area contributed by atoms with Crippen LogP contribution in [-0.2, 0) is 6.61 Å². The Morgan fingerprint density at radius 3 is 2.70 bits per heavy atom. The number of aromatic nitrogens is 3. The van der Waals surface area contributed by atoms with Crippen LogP contribution in [0.15, 0.2) is 42.6 Å². The lowest BCUT2D eigenvalue weighted by Gasteiger charge is -2.08. The van der Waals surface area contributed by atoms with Gasteiger partial charge in [0.2, 0.25) is 0 Å². The Balaban J connectivity index is 2.15. The van der Waals surface area contributed by atoms with E-state index in [-0.39, 0.29) is 6.61 Å². The number of rotatable bonds is 3. The molecule has 0 atom stereocenters. The lowest BCUT2D eigenvalue weighted by molar-refractivity contribution is 0.283. The molecular weight excluding hydrogens is 250 g/mol. The average Bonchev–Trinajstić information content (AvgIpc) is 2.96. The fourth-order valence-corrected chi connectivity index (χ4v) is 2.25. The van der Waals surface area contributed by atoms with E-state index in [1.807, 2.05) is 42.6 Å². The SMILES string of the molecule is CC(C)c1ccn(-c2cc(CO)c3ccccc3n2)n1. The molecular formula is C16H17N3O. The zero-order valence-corrected chi connectivity index (χ0v) is 11.6. The topological polar surface area (TPSA) is 50.9 Å². The summed E-state index contributed by atoms with van der Waals surface area (Å²) in [6.07, 6.45) is 1.91. The first-order chi connectivity index (χ1) is 9.69. The molecule has 4 heteroatoms. The zero-order chi connectivity index (χ0) is 14.1. The van der Waals surface area contributed by atoms with Gasteiger partial charge in [-0.25, -0.2) is 9.67 Å². The van der Waals surface area contributed by atoms with Crippen LogP contribution in [0.1, 0.15) is 31.0 Å². The molecule has 0 saturated heterocycles. The Kier molecular flexibility index (Phi) is 3.24. The van der Waals surface area contributed by atoms with Crippen molar-refractivity contribution in [2.45, 2.75) is 26.4 Å². The van der Waals surface area contributed by atoms with Crippen LogP contribution in [0.4, 0.5) is 0 Å². The molecule has 0 aliphatic heterocycles. The van der Waals surface area contributed by atoms with Gasteiger partial charge in [-0.1, -0.05) is 32.0 Å². The van der Waals surface area contributed by atoms with Crippen molar-refractivity contribution >= 4 is 10.9 Å². The molecule has 0 saturated carbocycles. The molecule has 0 spiro atoms. The van der Waals surface area contributed by atoms with Crippen molar-refractivity contribution in [1.82, 2.24) is 14.8 Å². The third kappa shape index (κ3) is 2.18. The molecule has 0 fully saturated rings. The maximum atomic E-state index is 9.54. The van der Waals surface area contributed by atoms with Gasteiger partial charge in [0.25, 0.3) is 0 Å². The number of fused-ring (bicyclic) bond motifs is 1. The summed E-state index contributed by atoms with van der Waals surface area (Å²) in [6, 6.07) is 11.7. The lowest BCUT2D eigenvalue weighted by Crippen LogP contribution is -2.02. The molecule has 0 amide bonds. The summed E-state index contributed by atoms with van der Waals surface area (Å²) in [4.78, 5) is 4.62. The van der Waals surface area contributed by atoms with Crippen LogP contribution in [0.2, 0.25) is 0 Å². The molecule has 0 aliphatic rings. The normalized spacial score (nSPS) is 11.4. The standard InChI is InChI=1S/C16H17N3O/c1-11(2)14-7-8-19(18-14)16-9-12(10-20)13-5-3-4-6-15(13)17-16/h3-9,11,20H,10H2,1-2H3. The van der Waals surface area contributed by atoms with Crippen molar-refractivity contribution in [2.24, 2.45) is 0 Å². The average molecular weight is 267 g/mol. The first-order valence-corrected chi connectivity index (χ1v) is 6.74. The minimum absolute atomic E-state index is 0.00562. The van der Waals surface area contributed by atoms with E-state index in [4.69, 9.17) is 0 Å². The highest BCUT2D eigenvalue weighted by Gasteiger charge is 2.09. The van der Waals surface area contributed by atoms with Gasteiger partial charge in [0.05, 0.1) is 17.8 Å². The molecule has 0 unspecified atom stereocenters. The third-order valence-corrected chi connectivity index (χ3v) is 3.39. The zero-order valence-electron chi connectivity index (χ0n) is 11.6. The first-order valence-electron chi connectivity index (χ1n) is 6.74. The van der Waals surface area contributed by atoms with Crippen LogP contribution in [0, 0.1) is 0 Å². The summed E-state index contributed by atoms with van der Waals surface area (Å²) >= 11 is 0. The summed E-state index contributed by atoms with van der Waals surface area (Å²) in [5.41, 5.74) is 2.77. The van der Waals surface area contributed by atoms with Gasteiger partial charge in [-0.2, -0.15) is 5.10 Å². The Labute approximate surface area is 117 Å². The first kappa shape index (κ1) is 12.8. The van der Waals surface area contributed by atoms with Gasteiger partial charge in [-0.15, -0.1) is 0 Å². The Hall–Kier alpha value is -2.20. The number of pyridine rings is 1.